The lowest BCUT2D eigenvalue weighted by Crippen LogP contribution is -0.399. The maximum absolute atomic E-state index is 4.11. The molecule has 0 aliphatic carbocycles. The molecule has 0 nitrogen and oxygen atoms in total. The second-order valence-electron chi connectivity index (χ2n) is 0. The summed E-state index contributed by atoms with van der Waals surface area (Å²) < 4.78 is 0. The van der Waals surface area contributed by atoms with Crippen molar-refractivity contribution in [2.45, 2.75) is 0 Å². The van der Waals surface area contributed by atoms with Gasteiger partial charge in [0, 0.05) is 0 Å². The highest BCUT2D eigenvalue weighted by Crippen LogP contribution is 1.26. The molecule has 38 valence electrons. The van der Waals surface area contributed by atoms with Crippen LogP contribution in [-0.4, -0.2) is 0 Å². The summed E-state index contributed by atoms with van der Waals surface area (Å²) in [6, 6.07) is 0. The summed E-state index contributed by atoms with van der Waals surface area (Å²) in [7, 11) is 1.44. The molecule has 0 spiro atoms. The van der Waals surface area contributed by atoms with Gasteiger partial charge in [-0.3, -0.25) is 0 Å². The SMILES string of the molecule is Cl.Cl.Cl.[PH3]=S. The van der Waals surface area contributed by atoms with Gasteiger partial charge < -0.3 is 0 Å². The lowest BCUT2D eigenvalue weighted by molar-refractivity contribution is 5.85. The molecule has 5 heteroatoms. The quantitative estimate of drug-likeness (QED) is 0.501. The summed E-state index contributed by atoms with van der Waals surface area (Å²) >= 11 is 4.11. The van der Waals surface area contributed by atoms with Gasteiger partial charge in [-0.05, 0) is 0 Å². The lowest BCUT2D eigenvalue weighted by atomic mass is 30.6. The third-order valence-electron chi connectivity index (χ3n) is 0. The molecule has 1 atom stereocenters. The number of hydrogen-bond donors (Lipinski definition) is 0. The molecule has 0 bridgehead atoms. The monoisotopic (exact) mass is 174 g/mol. The summed E-state index contributed by atoms with van der Waals surface area (Å²) in [6.07, 6.45) is 0. The molecule has 1 unspecified atom stereocenters. The first kappa shape index (κ1) is 31.3. The summed E-state index contributed by atoms with van der Waals surface area (Å²) in [5.41, 5.74) is 0. The van der Waals surface area contributed by atoms with E-state index in [1.54, 1.807) is 0 Å². The first-order chi connectivity index (χ1) is 1.00. The van der Waals surface area contributed by atoms with E-state index in [4.69, 9.17) is 0 Å². The molecule has 0 aromatic rings. The Morgan fingerprint density at radius 2 is 0.800 bits per heavy atom. The van der Waals surface area contributed by atoms with Crippen LogP contribution in [0.3, 0.4) is 0 Å². The van der Waals surface area contributed by atoms with Crippen molar-refractivity contribution in [3.05, 3.63) is 0 Å². The van der Waals surface area contributed by atoms with Gasteiger partial charge in [0.1, 0.15) is 0 Å². The van der Waals surface area contributed by atoms with Crippen LogP contribution in [0, 0.1) is 0 Å². The second kappa shape index (κ2) is 48.8. The van der Waals surface area contributed by atoms with Crippen molar-refractivity contribution >= 4 is 57.0 Å². The van der Waals surface area contributed by atoms with Crippen molar-refractivity contribution in [3.8, 4) is 0 Å². The van der Waals surface area contributed by atoms with Gasteiger partial charge in [-0.2, -0.15) is 0 Å². The Hall–Kier alpha value is 1.52. The molecule has 0 amide bonds. The fourth-order valence-corrected chi connectivity index (χ4v) is 0. The van der Waals surface area contributed by atoms with E-state index in [1.807, 2.05) is 0 Å². The highest BCUT2D eigenvalue weighted by Gasteiger charge is 0.613. The van der Waals surface area contributed by atoms with Crippen LogP contribution in [0.4, 0.5) is 0 Å². The molecular formula is H6Cl3PS. The highest BCUT2D eigenvalue weighted by atomic mass is 35.5. The van der Waals surface area contributed by atoms with Crippen molar-refractivity contribution in [3.63, 3.8) is 0 Å². The van der Waals surface area contributed by atoms with E-state index in [0.717, 1.165) is 0 Å². The predicted octanol–water partition coefficient (Wildman–Crippen LogP) is 1.32. The molecule has 0 aromatic heterocycles. The standard InChI is InChI=1S/3ClH.H3PS/c;;;1-2/h3*1H;1H3. The van der Waals surface area contributed by atoms with Crippen molar-refractivity contribution in [2.75, 3.05) is 0 Å². The van der Waals surface area contributed by atoms with E-state index in [9.17, 15) is 0 Å². The minimum absolute atomic E-state index is 0. The Bertz CT molecular complexity index is 6.85. The maximum atomic E-state index is 4.11. The van der Waals surface area contributed by atoms with Crippen molar-refractivity contribution < 1.29 is 0 Å². The van der Waals surface area contributed by atoms with E-state index in [1.165, 1.54) is 8.02 Å². The molecule has 0 saturated carbocycles. The Morgan fingerprint density at radius 1 is 0.800 bits per heavy atom. The molecule has 0 N–H and O–H groups in total. The van der Waals surface area contributed by atoms with E-state index in [0.29, 0.717) is 0 Å². The van der Waals surface area contributed by atoms with E-state index in [2.05, 4.69) is 11.8 Å². The van der Waals surface area contributed by atoms with Crippen LogP contribution >= 0.6 is 45.2 Å². The van der Waals surface area contributed by atoms with Crippen LogP contribution in [0.25, 0.3) is 0 Å². The van der Waals surface area contributed by atoms with Crippen LogP contribution in [0.15, 0.2) is 0 Å². The summed E-state index contributed by atoms with van der Waals surface area (Å²) in [6.45, 7) is 0. The number of halogens is 3. The summed E-state index contributed by atoms with van der Waals surface area (Å²) in [5, 5.41) is 0. The Balaban J connectivity index is -0.00000000167. The summed E-state index contributed by atoms with van der Waals surface area (Å²) in [4.78, 5) is 0. The molecule has 5 heavy (non-hydrogen) atoms. The van der Waals surface area contributed by atoms with Crippen LogP contribution in [0.1, 0.15) is 0 Å². The molecule has 0 saturated heterocycles. The summed E-state index contributed by atoms with van der Waals surface area (Å²) in [5.74, 6) is 0. The topological polar surface area (TPSA) is 0 Å². The molecule has 0 aromatic carbocycles. The average molecular weight is 175 g/mol. The Labute approximate surface area is 57.2 Å². The first-order valence-corrected chi connectivity index (χ1v) is 2.60. The highest BCUT2D eigenvalue weighted by molar-refractivity contribution is 7.88. The first-order valence-electron chi connectivity index (χ1n) is 0.289. The molecule has 0 heterocycles. The van der Waals surface area contributed by atoms with Crippen LogP contribution in [0.2, 0.25) is 0 Å². The molecule has 0 fully saturated rings. The van der Waals surface area contributed by atoms with E-state index < -0.39 is 0 Å². The van der Waals surface area contributed by atoms with Gasteiger partial charge in [0.25, 0.3) is 0 Å². The van der Waals surface area contributed by atoms with Gasteiger partial charge in [-0.1, -0.05) is 8.02 Å². The van der Waals surface area contributed by atoms with Crippen LogP contribution in [0.5, 0.6) is 0 Å². The van der Waals surface area contributed by atoms with Gasteiger partial charge in [0.2, 0.25) is 0 Å². The Morgan fingerprint density at radius 3 is 0.800 bits per heavy atom. The maximum Gasteiger partial charge on any atom is -0.0810 e. The second-order valence-corrected chi connectivity index (χ2v) is 0. The van der Waals surface area contributed by atoms with Gasteiger partial charge in [0.15, 0.2) is 0 Å². The Kier molecular flexibility index (Phi) is 305. The third kappa shape index (κ3) is 29.6. The van der Waals surface area contributed by atoms with Crippen molar-refractivity contribution in [1.29, 1.82) is 0 Å². The van der Waals surface area contributed by atoms with Crippen molar-refractivity contribution in [1.82, 2.24) is 0 Å². The normalized spacial score (nSPS) is 1.60. The largest absolute Gasteiger partial charge is 0.147 e. The van der Waals surface area contributed by atoms with Gasteiger partial charge in [0.05, 0.1) is 0 Å². The predicted molar refractivity (Wildman–Crippen MR) is 40.2 cm³/mol. The zero-order chi connectivity index (χ0) is 2.00. The minimum Gasteiger partial charge on any atom is -0.147 e. The minimum atomic E-state index is 0. The third-order valence-corrected chi connectivity index (χ3v) is 0. The van der Waals surface area contributed by atoms with E-state index >= 15 is 0 Å². The fourth-order valence-electron chi connectivity index (χ4n) is 0. The van der Waals surface area contributed by atoms with Crippen LogP contribution in [-0.2, 0) is 11.8 Å². The molecule has 0 radical (unpaired) electrons. The average Bonchev–Trinajstić information content (AvgIpc) is 1.00. The van der Waals surface area contributed by atoms with Gasteiger partial charge >= 0.3 is 0 Å². The van der Waals surface area contributed by atoms with Gasteiger partial charge in [-0.25, -0.2) is 0 Å². The zero-order valence-corrected chi connectivity index (χ0v) is 7.02. The van der Waals surface area contributed by atoms with Crippen LogP contribution < -0.4 is 0 Å². The molecular weight excluding hydrogens is 169 g/mol. The lowest BCUT2D eigenvalue weighted by Gasteiger charge is -0.802. The van der Waals surface area contributed by atoms with Crippen molar-refractivity contribution in [2.24, 2.45) is 0 Å². The molecule has 0 rings (SSSR count). The zero-order valence-electron chi connectivity index (χ0n) is 2.34. The number of hydrogen-bond acceptors (Lipinski definition) is 1. The smallest absolute Gasteiger partial charge is 0.0810 e. The molecule has 0 aliphatic rings. The van der Waals surface area contributed by atoms with Gasteiger partial charge in [-0.15, -0.1) is 49.0 Å². The fraction of sp³-hybridized carbons (Fsp3) is 0. The molecule has 0 aliphatic heterocycles. The number of rotatable bonds is 0. The van der Waals surface area contributed by atoms with E-state index in [-0.39, 0.29) is 37.2 Å².